The summed E-state index contributed by atoms with van der Waals surface area (Å²) in [6.07, 6.45) is 1.62. The predicted molar refractivity (Wildman–Crippen MR) is 64.6 cm³/mol. The van der Waals surface area contributed by atoms with Gasteiger partial charge in [-0.05, 0) is 40.2 Å². The molecule has 0 spiro atoms. The minimum Gasteiger partial charge on any atom is -0.384 e. The van der Waals surface area contributed by atoms with E-state index in [2.05, 4.69) is 25.9 Å². The van der Waals surface area contributed by atoms with Gasteiger partial charge in [-0.3, -0.25) is 0 Å². The number of rotatable bonds is 1. The van der Waals surface area contributed by atoms with Gasteiger partial charge < -0.3 is 5.73 Å². The summed E-state index contributed by atoms with van der Waals surface area (Å²) in [6.45, 7) is 0. The molecule has 0 fully saturated rings. The van der Waals surface area contributed by atoms with Crippen LogP contribution in [0.15, 0.2) is 34.9 Å². The first-order valence-electron chi connectivity index (χ1n) is 4.21. The second kappa shape index (κ2) is 4.16. The first kappa shape index (κ1) is 10.4. The Hall–Kier alpha value is -1.13. The van der Waals surface area contributed by atoms with Crippen LogP contribution in [0.4, 0.5) is 5.82 Å². The normalized spacial score (nSPS) is 10.3. The molecule has 0 radical (unpaired) electrons. The third-order valence-electron chi connectivity index (χ3n) is 1.85. The lowest BCUT2D eigenvalue weighted by Gasteiger charge is -2.02. The van der Waals surface area contributed by atoms with E-state index in [0.29, 0.717) is 16.7 Å². The monoisotopic (exact) mass is 283 g/mol. The second-order valence-electron chi connectivity index (χ2n) is 2.93. The molecule has 1 aromatic carbocycles. The Morgan fingerprint density at radius 1 is 1.27 bits per heavy atom. The summed E-state index contributed by atoms with van der Waals surface area (Å²) >= 11 is 9.29. The highest BCUT2D eigenvalue weighted by atomic mass is 79.9. The maximum absolute atomic E-state index is 5.97. The predicted octanol–water partition coefficient (Wildman–Crippen LogP) is 3.14. The van der Waals surface area contributed by atoms with Crippen molar-refractivity contribution in [3.05, 3.63) is 40.0 Å². The molecule has 0 atom stereocenters. The zero-order valence-electron chi connectivity index (χ0n) is 7.61. The molecule has 2 N–H and O–H groups in total. The molecule has 0 unspecified atom stereocenters. The van der Waals surface area contributed by atoms with Gasteiger partial charge in [0, 0.05) is 16.2 Å². The van der Waals surface area contributed by atoms with E-state index in [0.717, 1.165) is 10.0 Å². The molecule has 5 heteroatoms. The molecule has 0 aliphatic heterocycles. The van der Waals surface area contributed by atoms with E-state index in [-0.39, 0.29) is 0 Å². The van der Waals surface area contributed by atoms with Crippen molar-refractivity contribution in [1.82, 2.24) is 9.97 Å². The van der Waals surface area contributed by atoms with E-state index < -0.39 is 0 Å². The third kappa shape index (κ3) is 2.27. The molecule has 76 valence electrons. The summed E-state index contributed by atoms with van der Waals surface area (Å²) < 4.78 is 0.844. The average Bonchev–Trinajstić information content (AvgIpc) is 2.22. The van der Waals surface area contributed by atoms with Crippen LogP contribution in [-0.4, -0.2) is 9.97 Å². The summed E-state index contributed by atoms with van der Waals surface area (Å²) in [7, 11) is 0. The van der Waals surface area contributed by atoms with E-state index in [1.807, 2.05) is 12.1 Å². The molecule has 0 bridgehead atoms. The Labute approximate surface area is 100 Å². The highest BCUT2D eigenvalue weighted by Gasteiger charge is 2.04. The van der Waals surface area contributed by atoms with Crippen LogP contribution in [0, 0.1) is 0 Å². The van der Waals surface area contributed by atoms with Crippen molar-refractivity contribution in [2.75, 3.05) is 5.73 Å². The molecule has 2 rings (SSSR count). The van der Waals surface area contributed by atoms with Crippen LogP contribution >= 0.6 is 27.5 Å². The van der Waals surface area contributed by atoms with Crippen molar-refractivity contribution < 1.29 is 0 Å². The Kier molecular flexibility index (Phi) is 2.88. The van der Waals surface area contributed by atoms with Gasteiger partial charge >= 0.3 is 0 Å². The molecule has 15 heavy (non-hydrogen) atoms. The van der Waals surface area contributed by atoms with Crippen LogP contribution in [0.2, 0.25) is 5.02 Å². The van der Waals surface area contributed by atoms with Gasteiger partial charge in [0.1, 0.15) is 5.82 Å². The van der Waals surface area contributed by atoms with Gasteiger partial charge in [0.15, 0.2) is 5.82 Å². The largest absolute Gasteiger partial charge is 0.384 e. The topological polar surface area (TPSA) is 51.8 Å². The molecule has 0 aliphatic rings. The maximum Gasteiger partial charge on any atom is 0.161 e. The lowest BCUT2D eigenvalue weighted by atomic mass is 10.2. The molecule has 0 saturated heterocycles. The number of nitrogens with two attached hydrogens (primary N) is 1. The summed E-state index contributed by atoms with van der Waals surface area (Å²) in [6, 6.07) is 7.17. The fraction of sp³-hybridized carbons (Fsp3) is 0. The minimum absolute atomic E-state index is 0.444. The van der Waals surface area contributed by atoms with E-state index in [4.69, 9.17) is 17.3 Å². The maximum atomic E-state index is 5.97. The van der Waals surface area contributed by atoms with Gasteiger partial charge in [0.05, 0.1) is 5.02 Å². The van der Waals surface area contributed by atoms with Gasteiger partial charge in [0.2, 0.25) is 0 Å². The van der Waals surface area contributed by atoms with E-state index in [1.165, 1.54) is 0 Å². The first-order chi connectivity index (χ1) is 7.16. The van der Waals surface area contributed by atoms with E-state index >= 15 is 0 Å². The van der Waals surface area contributed by atoms with Crippen molar-refractivity contribution in [2.45, 2.75) is 0 Å². The number of halogens is 2. The summed E-state index contributed by atoms with van der Waals surface area (Å²) in [5.74, 6) is 1.02. The minimum atomic E-state index is 0.444. The Bertz CT molecular complexity index is 502. The van der Waals surface area contributed by atoms with E-state index in [9.17, 15) is 0 Å². The number of hydrogen-bond acceptors (Lipinski definition) is 3. The van der Waals surface area contributed by atoms with Crippen LogP contribution in [0.3, 0.4) is 0 Å². The van der Waals surface area contributed by atoms with Crippen LogP contribution in [0.1, 0.15) is 0 Å². The Balaban J connectivity index is 2.50. The summed E-state index contributed by atoms with van der Waals surface area (Å²) in [4.78, 5) is 8.22. The van der Waals surface area contributed by atoms with Gasteiger partial charge in [-0.1, -0.05) is 11.6 Å². The fourth-order valence-electron chi connectivity index (χ4n) is 1.15. The van der Waals surface area contributed by atoms with Gasteiger partial charge in [-0.2, -0.15) is 0 Å². The lowest BCUT2D eigenvalue weighted by Crippen LogP contribution is -1.94. The molecule has 1 heterocycles. The van der Waals surface area contributed by atoms with Crippen LogP contribution in [-0.2, 0) is 0 Å². The van der Waals surface area contributed by atoms with Crippen molar-refractivity contribution in [1.29, 1.82) is 0 Å². The highest BCUT2D eigenvalue weighted by molar-refractivity contribution is 9.10. The highest BCUT2D eigenvalue weighted by Crippen LogP contribution is 2.27. The van der Waals surface area contributed by atoms with Gasteiger partial charge in [0.25, 0.3) is 0 Å². The third-order valence-corrected chi connectivity index (χ3v) is 3.09. The first-order valence-corrected chi connectivity index (χ1v) is 5.38. The number of nitrogen functional groups attached to an aromatic ring is 1. The van der Waals surface area contributed by atoms with Crippen LogP contribution in [0.5, 0.6) is 0 Å². The number of anilines is 1. The zero-order valence-corrected chi connectivity index (χ0v) is 9.96. The molecule has 0 amide bonds. The number of nitrogens with zero attached hydrogens (tertiary/aromatic N) is 2. The standard InChI is InChI=1S/C10H7BrClN3/c11-7-2-1-6(5-8(7)12)10-14-4-3-9(13)15-10/h1-5H,(H2,13,14,15). The van der Waals surface area contributed by atoms with Crippen molar-refractivity contribution in [3.8, 4) is 11.4 Å². The molecular weight excluding hydrogens is 277 g/mol. The van der Waals surface area contributed by atoms with Crippen molar-refractivity contribution in [3.63, 3.8) is 0 Å². The second-order valence-corrected chi connectivity index (χ2v) is 4.20. The van der Waals surface area contributed by atoms with Crippen LogP contribution in [0.25, 0.3) is 11.4 Å². The number of benzene rings is 1. The van der Waals surface area contributed by atoms with Gasteiger partial charge in [-0.25, -0.2) is 9.97 Å². The molecular formula is C10H7BrClN3. The number of aromatic nitrogens is 2. The summed E-state index contributed by atoms with van der Waals surface area (Å²) in [5.41, 5.74) is 6.41. The number of hydrogen-bond donors (Lipinski definition) is 1. The smallest absolute Gasteiger partial charge is 0.161 e. The van der Waals surface area contributed by atoms with Crippen LogP contribution < -0.4 is 5.73 Å². The summed E-state index contributed by atoms with van der Waals surface area (Å²) in [5, 5.41) is 0.624. The molecule has 1 aromatic heterocycles. The molecule has 3 nitrogen and oxygen atoms in total. The quantitative estimate of drug-likeness (QED) is 0.875. The lowest BCUT2D eigenvalue weighted by molar-refractivity contribution is 1.18. The zero-order chi connectivity index (χ0) is 10.8. The molecule has 0 aliphatic carbocycles. The van der Waals surface area contributed by atoms with Gasteiger partial charge in [-0.15, -0.1) is 0 Å². The fourth-order valence-corrected chi connectivity index (χ4v) is 1.57. The average molecular weight is 285 g/mol. The Morgan fingerprint density at radius 3 is 2.73 bits per heavy atom. The Morgan fingerprint density at radius 2 is 2.07 bits per heavy atom. The van der Waals surface area contributed by atoms with Crippen molar-refractivity contribution >= 4 is 33.3 Å². The molecule has 0 saturated carbocycles. The van der Waals surface area contributed by atoms with Crippen molar-refractivity contribution in [2.24, 2.45) is 0 Å². The van der Waals surface area contributed by atoms with E-state index in [1.54, 1.807) is 18.3 Å². The molecule has 2 aromatic rings. The SMILES string of the molecule is Nc1ccnc(-c2ccc(Br)c(Cl)c2)n1.